The Morgan fingerprint density at radius 3 is 2.36 bits per heavy atom. The summed E-state index contributed by atoms with van der Waals surface area (Å²) in [5.74, 6) is 3.46. The first-order chi connectivity index (χ1) is 16.6. The summed E-state index contributed by atoms with van der Waals surface area (Å²) in [4.78, 5) is 0. The molecule has 0 heterocycles. The molecule has 3 saturated carbocycles. The van der Waals surface area contributed by atoms with E-state index in [9.17, 15) is 0 Å². The average Bonchev–Trinajstić information content (AvgIpc) is 3.13. The van der Waals surface area contributed by atoms with Gasteiger partial charge in [0.15, 0.2) is 8.32 Å². The van der Waals surface area contributed by atoms with Gasteiger partial charge in [-0.3, -0.25) is 0 Å². The largest absolute Gasteiger partial charge is 0.414 e. The van der Waals surface area contributed by atoms with Crippen molar-refractivity contribution in [2.45, 2.75) is 125 Å². The lowest BCUT2D eigenvalue weighted by Crippen LogP contribution is -2.49. The van der Waals surface area contributed by atoms with Crippen LogP contribution in [-0.2, 0) is 4.43 Å². The molecule has 0 saturated heterocycles. The smallest absolute Gasteiger partial charge is 0.192 e. The molecule has 0 aromatic rings. The van der Waals surface area contributed by atoms with Gasteiger partial charge in [-0.2, -0.15) is 0 Å². The lowest BCUT2D eigenvalue weighted by atomic mass is 9.50. The van der Waals surface area contributed by atoms with E-state index < -0.39 is 8.32 Å². The Morgan fingerprint density at radius 2 is 1.72 bits per heavy atom. The van der Waals surface area contributed by atoms with Crippen molar-refractivity contribution in [3.05, 3.63) is 47.6 Å². The molecule has 2 heteroatoms. The number of allylic oxidation sites excluding steroid dienone is 6. The number of hydrogen-bond donors (Lipinski definition) is 0. The number of rotatable bonds is 6. The fourth-order valence-electron chi connectivity index (χ4n) is 8.17. The third-order valence-corrected chi connectivity index (χ3v) is 16.4. The second-order valence-electron chi connectivity index (χ2n) is 15.3. The van der Waals surface area contributed by atoms with Gasteiger partial charge in [0.2, 0.25) is 0 Å². The second kappa shape index (κ2) is 9.71. The molecule has 1 nitrogen and oxygen atoms in total. The standard InChI is InChI=1S/C34H56OSi/c1-23(2)24(3)12-13-25(4)29-16-17-30-28-15-14-26-22-27(35-36(10,11)32(5,6)7)18-20-33(26,8)31(28)19-21-34(29,30)9/h12-15,23,25,27,29-31H,3,16-22H2,1-2,4-11H3/b13-12+/t25-,27+,29-,30+,31+,33+,34-/m1/s1. The summed E-state index contributed by atoms with van der Waals surface area (Å²) in [5, 5.41) is 0.281. The average molecular weight is 509 g/mol. The number of hydrogen-bond acceptors (Lipinski definition) is 1. The van der Waals surface area contributed by atoms with Crippen molar-refractivity contribution >= 4 is 8.32 Å². The van der Waals surface area contributed by atoms with Crippen molar-refractivity contribution in [3.8, 4) is 0 Å². The molecule has 0 bridgehead atoms. The summed E-state index contributed by atoms with van der Waals surface area (Å²) in [6, 6.07) is 0. The van der Waals surface area contributed by atoms with Crippen LogP contribution in [0.4, 0.5) is 0 Å². The van der Waals surface area contributed by atoms with Crippen LogP contribution in [0.5, 0.6) is 0 Å². The Bertz CT molecular complexity index is 943. The normalized spacial score (nSPS) is 37.8. The summed E-state index contributed by atoms with van der Waals surface area (Å²) >= 11 is 0. The lowest BCUT2D eigenvalue weighted by molar-refractivity contribution is 0.0406. The van der Waals surface area contributed by atoms with Crippen LogP contribution >= 0.6 is 0 Å². The molecule has 0 aliphatic heterocycles. The molecule has 0 N–H and O–H groups in total. The van der Waals surface area contributed by atoms with Crippen LogP contribution < -0.4 is 0 Å². The van der Waals surface area contributed by atoms with Gasteiger partial charge in [0.25, 0.3) is 0 Å². The van der Waals surface area contributed by atoms with E-state index in [4.69, 9.17) is 4.43 Å². The van der Waals surface area contributed by atoms with Crippen LogP contribution in [-0.4, -0.2) is 14.4 Å². The van der Waals surface area contributed by atoms with E-state index in [0.717, 1.165) is 24.2 Å². The zero-order valence-corrected chi connectivity index (χ0v) is 26.3. The molecule has 0 amide bonds. The first-order valence-electron chi connectivity index (χ1n) is 15.1. The van der Waals surface area contributed by atoms with E-state index in [1.54, 1.807) is 5.57 Å². The molecule has 0 aromatic heterocycles. The lowest BCUT2D eigenvalue weighted by Gasteiger charge is -2.55. The third-order valence-electron chi connectivity index (χ3n) is 11.9. The summed E-state index contributed by atoms with van der Waals surface area (Å²) in [5.41, 5.74) is 5.54. The second-order valence-corrected chi connectivity index (χ2v) is 20.1. The molecule has 202 valence electrons. The molecular formula is C34H56OSi. The summed E-state index contributed by atoms with van der Waals surface area (Å²) in [7, 11) is -1.73. The van der Waals surface area contributed by atoms with Crippen LogP contribution in [0.1, 0.15) is 100 Å². The Balaban J connectivity index is 1.53. The zero-order chi connectivity index (χ0) is 26.7. The summed E-state index contributed by atoms with van der Waals surface area (Å²) in [6.07, 6.45) is 19.6. The highest BCUT2D eigenvalue weighted by molar-refractivity contribution is 6.74. The highest BCUT2D eigenvalue weighted by Gasteiger charge is 2.57. The van der Waals surface area contributed by atoms with Crippen molar-refractivity contribution in [1.29, 1.82) is 0 Å². The van der Waals surface area contributed by atoms with Gasteiger partial charge in [0.1, 0.15) is 0 Å². The fourth-order valence-corrected chi connectivity index (χ4v) is 9.56. The molecule has 4 aliphatic carbocycles. The van der Waals surface area contributed by atoms with Crippen molar-refractivity contribution < 1.29 is 4.43 Å². The molecule has 4 aliphatic rings. The number of fused-ring (bicyclic) bond motifs is 5. The predicted molar refractivity (Wildman–Crippen MR) is 160 cm³/mol. The minimum atomic E-state index is -1.73. The van der Waals surface area contributed by atoms with Gasteiger partial charge < -0.3 is 4.43 Å². The quantitative estimate of drug-likeness (QED) is 0.256. The van der Waals surface area contributed by atoms with Gasteiger partial charge in [-0.15, -0.1) is 0 Å². The van der Waals surface area contributed by atoms with E-state index in [-0.39, 0.29) is 5.04 Å². The Labute approximate surface area is 225 Å². The third kappa shape index (κ3) is 4.83. The maximum absolute atomic E-state index is 6.92. The van der Waals surface area contributed by atoms with E-state index in [2.05, 4.69) is 99.4 Å². The minimum Gasteiger partial charge on any atom is -0.414 e. The van der Waals surface area contributed by atoms with Crippen LogP contribution in [0.25, 0.3) is 0 Å². The predicted octanol–water partition coefficient (Wildman–Crippen LogP) is 10.3. The SMILES string of the molecule is C=C(/C=C/[C@@H](C)[C@H]1CC[C@H]2C3=CC=C4C[C@@H](O[Si](C)(C)C(C)(C)C)CC[C@]4(C)[C@H]3CC[C@]12C)C(C)C. The van der Waals surface area contributed by atoms with E-state index in [1.165, 1.54) is 44.1 Å². The summed E-state index contributed by atoms with van der Waals surface area (Å²) < 4.78 is 6.92. The van der Waals surface area contributed by atoms with Gasteiger partial charge in [-0.1, -0.05) is 103 Å². The summed E-state index contributed by atoms with van der Waals surface area (Å²) in [6.45, 7) is 28.4. The zero-order valence-electron chi connectivity index (χ0n) is 25.3. The van der Waals surface area contributed by atoms with Gasteiger partial charge in [-0.05, 0) is 103 Å². The molecule has 7 atom stereocenters. The Kier molecular flexibility index (Phi) is 7.59. The molecule has 0 spiro atoms. The molecule has 4 rings (SSSR count). The molecule has 0 aromatic carbocycles. The monoisotopic (exact) mass is 508 g/mol. The maximum atomic E-state index is 6.92. The highest BCUT2D eigenvalue weighted by Crippen LogP contribution is 2.66. The first-order valence-corrected chi connectivity index (χ1v) is 18.0. The first kappa shape index (κ1) is 28.2. The molecule has 36 heavy (non-hydrogen) atoms. The maximum Gasteiger partial charge on any atom is 0.192 e. The molecule has 3 fully saturated rings. The molecular weight excluding hydrogens is 452 g/mol. The van der Waals surface area contributed by atoms with Crippen LogP contribution in [0.3, 0.4) is 0 Å². The van der Waals surface area contributed by atoms with Gasteiger partial charge in [0, 0.05) is 6.10 Å². The van der Waals surface area contributed by atoms with Crippen LogP contribution in [0.2, 0.25) is 18.1 Å². The van der Waals surface area contributed by atoms with Gasteiger partial charge in [0.05, 0.1) is 0 Å². The molecule has 0 unspecified atom stereocenters. The van der Waals surface area contributed by atoms with Gasteiger partial charge >= 0.3 is 0 Å². The van der Waals surface area contributed by atoms with Crippen LogP contribution in [0, 0.1) is 40.4 Å². The minimum absolute atomic E-state index is 0.281. The van der Waals surface area contributed by atoms with Crippen molar-refractivity contribution in [3.63, 3.8) is 0 Å². The van der Waals surface area contributed by atoms with Gasteiger partial charge in [-0.25, -0.2) is 0 Å². The fraction of sp³-hybridized carbons (Fsp3) is 0.765. The van der Waals surface area contributed by atoms with E-state index >= 15 is 0 Å². The van der Waals surface area contributed by atoms with Crippen molar-refractivity contribution in [1.82, 2.24) is 0 Å². The highest BCUT2D eigenvalue weighted by atomic mass is 28.4. The molecule has 0 radical (unpaired) electrons. The topological polar surface area (TPSA) is 9.23 Å². The van der Waals surface area contributed by atoms with Crippen LogP contribution in [0.15, 0.2) is 47.6 Å². The van der Waals surface area contributed by atoms with Crippen molar-refractivity contribution in [2.75, 3.05) is 0 Å². The Hall–Kier alpha value is -0.863. The van der Waals surface area contributed by atoms with E-state index in [0.29, 0.717) is 28.8 Å². The van der Waals surface area contributed by atoms with E-state index in [1.807, 2.05) is 5.57 Å². The Morgan fingerprint density at radius 1 is 1.03 bits per heavy atom. The van der Waals surface area contributed by atoms with Crippen molar-refractivity contribution in [2.24, 2.45) is 40.4 Å².